The van der Waals surface area contributed by atoms with E-state index in [1.54, 1.807) is 0 Å². The van der Waals surface area contributed by atoms with E-state index in [0.717, 1.165) is 28.6 Å². The Balaban J connectivity index is 1.17. The van der Waals surface area contributed by atoms with Crippen LogP contribution in [0.15, 0.2) is 146 Å². The Bertz CT molecular complexity index is 2630. The van der Waals surface area contributed by atoms with Crippen molar-refractivity contribution in [2.45, 2.75) is 20.8 Å². The summed E-state index contributed by atoms with van der Waals surface area (Å²) in [4.78, 5) is 4.79. The first-order valence-corrected chi connectivity index (χ1v) is 18.0. The lowest BCUT2D eigenvalue weighted by Gasteiger charge is -2.40. The van der Waals surface area contributed by atoms with Crippen molar-refractivity contribution in [3.63, 3.8) is 0 Å². The molecule has 0 unspecified atom stereocenters. The molecule has 1 aromatic heterocycles. The maximum atomic E-state index is 6.94. The van der Waals surface area contributed by atoms with E-state index in [1.165, 1.54) is 70.3 Å². The molecule has 0 radical (unpaired) electrons. The van der Waals surface area contributed by atoms with Crippen LogP contribution in [0, 0.1) is 20.8 Å². The smallest absolute Gasteiger partial charge is 0.256 e. The van der Waals surface area contributed by atoms with Crippen molar-refractivity contribution in [3.05, 3.63) is 162 Å². The summed E-state index contributed by atoms with van der Waals surface area (Å²) in [6.07, 6.45) is 0. The number of benzene rings is 7. The van der Waals surface area contributed by atoms with E-state index in [1.807, 2.05) is 11.3 Å². The number of thiophene rings is 1. The first-order valence-electron chi connectivity index (χ1n) is 17.2. The van der Waals surface area contributed by atoms with Gasteiger partial charge in [-0.3, -0.25) is 0 Å². The van der Waals surface area contributed by atoms with E-state index in [9.17, 15) is 0 Å². The van der Waals surface area contributed by atoms with Crippen LogP contribution in [0.2, 0.25) is 0 Å². The average molecular weight is 661 g/mol. The Hall–Kier alpha value is -5.78. The lowest BCUT2D eigenvalue weighted by molar-refractivity contribution is 0.487. The third-order valence-corrected chi connectivity index (χ3v) is 11.5. The molecule has 2 aliphatic rings. The Labute approximate surface area is 296 Å². The molecule has 10 rings (SSSR count). The quantitative estimate of drug-likeness (QED) is 0.175. The maximum absolute atomic E-state index is 6.94. The first kappa shape index (κ1) is 29.2. The topological polar surface area (TPSA) is 15.7 Å². The van der Waals surface area contributed by atoms with Crippen LogP contribution < -0.4 is 30.9 Å². The van der Waals surface area contributed by atoms with Crippen LogP contribution in [0.25, 0.3) is 20.2 Å². The molecule has 3 heterocycles. The van der Waals surface area contributed by atoms with Crippen molar-refractivity contribution in [1.82, 2.24) is 0 Å². The number of rotatable bonds is 4. The van der Waals surface area contributed by atoms with Crippen molar-refractivity contribution in [1.29, 1.82) is 0 Å². The Morgan fingerprint density at radius 3 is 2.12 bits per heavy atom. The summed E-state index contributed by atoms with van der Waals surface area (Å²) in [5.41, 5.74) is 14.3. The maximum Gasteiger partial charge on any atom is 0.256 e. The van der Waals surface area contributed by atoms with Gasteiger partial charge in [0.25, 0.3) is 6.71 Å². The van der Waals surface area contributed by atoms with Crippen molar-refractivity contribution < 1.29 is 4.74 Å². The van der Waals surface area contributed by atoms with Gasteiger partial charge in [-0.05, 0) is 97.8 Å². The fraction of sp³-hybridized carbons (Fsp3) is 0.0667. The van der Waals surface area contributed by atoms with Gasteiger partial charge < -0.3 is 14.5 Å². The fourth-order valence-electron chi connectivity index (χ4n) is 7.93. The third kappa shape index (κ3) is 4.43. The highest BCUT2D eigenvalue weighted by atomic mass is 32.1. The molecule has 0 amide bonds. The molecule has 0 atom stereocenters. The lowest BCUT2D eigenvalue weighted by atomic mass is 9.34. The molecule has 0 fully saturated rings. The van der Waals surface area contributed by atoms with E-state index in [4.69, 9.17) is 4.74 Å². The van der Waals surface area contributed by atoms with Crippen molar-refractivity contribution in [3.8, 4) is 11.5 Å². The van der Waals surface area contributed by atoms with Crippen LogP contribution in [-0.4, -0.2) is 6.71 Å². The molecule has 50 heavy (non-hydrogen) atoms. The highest BCUT2D eigenvalue weighted by Crippen LogP contribution is 2.46. The van der Waals surface area contributed by atoms with Crippen LogP contribution in [-0.2, 0) is 0 Å². The molecular formula is C45H33BN2OS. The highest BCUT2D eigenvalue weighted by molar-refractivity contribution is 7.26. The highest BCUT2D eigenvalue weighted by Gasteiger charge is 2.42. The molecule has 3 nitrogen and oxygen atoms in total. The van der Waals surface area contributed by atoms with Crippen molar-refractivity contribution in [2.24, 2.45) is 0 Å². The minimum absolute atomic E-state index is 0.0504. The van der Waals surface area contributed by atoms with Gasteiger partial charge in [0.1, 0.15) is 11.5 Å². The second kappa shape index (κ2) is 11.1. The molecule has 7 aromatic carbocycles. The van der Waals surface area contributed by atoms with Gasteiger partial charge in [0.15, 0.2) is 0 Å². The molecule has 238 valence electrons. The molecule has 0 aliphatic carbocycles. The number of hydrogen-bond donors (Lipinski definition) is 0. The lowest BCUT2D eigenvalue weighted by Crippen LogP contribution is -2.59. The Morgan fingerprint density at radius 2 is 1.28 bits per heavy atom. The summed E-state index contributed by atoms with van der Waals surface area (Å²) in [5, 5.41) is 2.58. The standard InChI is InChI=1S/C45H33BN2OS/c1-28-14-19-31(20-15-28)47(40-11-6-9-35-34-8-4-5-13-43(34)50-45(35)40)33-23-24-36-42(27-33)49-41-12-7-10-39-44(41)46(36)37-26-30(3)18-25-38(37)48(39)32-21-16-29(2)17-22-32/h4-27H,1-3H3. The zero-order valence-electron chi connectivity index (χ0n) is 28.1. The van der Waals surface area contributed by atoms with Crippen LogP contribution in [0.4, 0.5) is 34.1 Å². The van der Waals surface area contributed by atoms with Gasteiger partial charge in [0, 0.05) is 50.0 Å². The zero-order valence-corrected chi connectivity index (χ0v) is 29.0. The van der Waals surface area contributed by atoms with Crippen LogP contribution in [0.5, 0.6) is 11.5 Å². The monoisotopic (exact) mass is 660 g/mol. The summed E-state index contributed by atoms with van der Waals surface area (Å²) in [7, 11) is 0. The third-order valence-electron chi connectivity index (χ3n) is 10.3. The largest absolute Gasteiger partial charge is 0.458 e. The van der Waals surface area contributed by atoms with E-state index < -0.39 is 0 Å². The van der Waals surface area contributed by atoms with Gasteiger partial charge in [0.05, 0.1) is 10.4 Å². The molecule has 0 N–H and O–H groups in total. The van der Waals surface area contributed by atoms with Gasteiger partial charge in [-0.1, -0.05) is 95.6 Å². The second-order valence-electron chi connectivity index (χ2n) is 13.6. The molecule has 8 aromatic rings. The number of aryl methyl sites for hydroxylation is 3. The Kier molecular flexibility index (Phi) is 6.49. The molecule has 0 spiro atoms. The summed E-state index contributed by atoms with van der Waals surface area (Å²) < 4.78 is 9.51. The number of hydrogen-bond acceptors (Lipinski definition) is 4. The SMILES string of the molecule is Cc1ccc(N2c3ccc(C)cc3B3c4ccc(N(c5ccc(C)cc5)c5cccc6c5sc5ccccc56)cc4Oc4cccc2c43)cc1. The number of fused-ring (bicyclic) bond motifs is 7. The molecular weight excluding hydrogens is 627 g/mol. The van der Waals surface area contributed by atoms with E-state index in [0.29, 0.717) is 0 Å². The molecule has 0 saturated heterocycles. The van der Waals surface area contributed by atoms with Gasteiger partial charge in [-0.25, -0.2) is 0 Å². The number of anilines is 6. The number of ether oxygens (including phenoxy) is 1. The zero-order chi connectivity index (χ0) is 33.5. The van der Waals surface area contributed by atoms with E-state index in [-0.39, 0.29) is 6.71 Å². The molecule has 0 saturated carbocycles. The average Bonchev–Trinajstić information content (AvgIpc) is 3.52. The summed E-state index contributed by atoms with van der Waals surface area (Å²) in [6.45, 7) is 6.52. The minimum atomic E-state index is 0.0504. The Morgan fingerprint density at radius 1 is 0.560 bits per heavy atom. The predicted octanol–water partition coefficient (Wildman–Crippen LogP) is 10.9. The summed E-state index contributed by atoms with van der Waals surface area (Å²) in [6, 6.07) is 53.3. The van der Waals surface area contributed by atoms with E-state index in [2.05, 4.69) is 176 Å². The molecule has 0 bridgehead atoms. The summed E-state index contributed by atoms with van der Waals surface area (Å²) in [5.74, 6) is 1.81. The van der Waals surface area contributed by atoms with Crippen molar-refractivity contribution >= 4 is 88.7 Å². The first-order chi connectivity index (χ1) is 24.5. The van der Waals surface area contributed by atoms with Crippen LogP contribution in [0.3, 0.4) is 0 Å². The fourth-order valence-corrected chi connectivity index (χ4v) is 9.14. The molecule has 2 aliphatic heterocycles. The normalized spacial score (nSPS) is 12.8. The van der Waals surface area contributed by atoms with Crippen LogP contribution in [0.1, 0.15) is 16.7 Å². The van der Waals surface area contributed by atoms with E-state index >= 15 is 0 Å². The van der Waals surface area contributed by atoms with Crippen LogP contribution >= 0.6 is 11.3 Å². The number of nitrogens with zero attached hydrogens (tertiary/aromatic N) is 2. The van der Waals surface area contributed by atoms with Crippen molar-refractivity contribution in [2.75, 3.05) is 9.80 Å². The van der Waals surface area contributed by atoms with Gasteiger partial charge in [0.2, 0.25) is 0 Å². The summed E-state index contributed by atoms with van der Waals surface area (Å²) >= 11 is 1.86. The second-order valence-corrected chi connectivity index (χ2v) is 14.7. The minimum Gasteiger partial charge on any atom is -0.458 e. The molecule has 5 heteroatoms. The predicted molar refractivity (Wildman–Crippen MR) is 214 cm³/mol. The van der Waals surface area contributed by atoms with Gasteiger partial charge in [-0.15, -0.1) is 11.3 Å². The van der Waals surface area contributed by atoms with Gasteiger partial charge in [-0.2, -0.15) is 0 Å². The van der Waals surface area contributed by atoms with Gasteiger partial charge >= 0.3 is 0 Å².